The standard InChI is InChI=1S/C17H20ClN3O4/c1-4-10(2)15(17(23)24-9-14-19-11(3)21-25-14)20-16(22)12-5-7-13(18)8-6-12/h5-8,10,15H,4,9H2,1-3H3,(H,20,22)/t10-,15-/m0/s1. The van der Waals surface area contributed by atoms with E-state index in [0.29, 0.717) is 22.8 Å². The number of nitrogens with zero attached hydrogens (tertiary/aromatic N) is 2. The molecule has 0 aliphatic heterocycles. The Labute approximate surface area is 150 Å². The molecule has 2 rings (SSSR count). The van der Waals surface area contributed by atoms with Gasteiger partial charge in [0.1, 0.15) is 6.04 Å². The fourth-order valence-corrected chi connectivity index (χ4v) is 2.24. The number of hydrogen-bond donors (Lipinski definition) is 1. The summed E-state index contributed by atoms with van der Waals surface area (Å²) in [5.74, 6) is -0.355. The number of esters is 1. The fraction of sp³-hybridized carbons (Fsp3) is 0.412. The van der Waals surface area contributed by atoms with Crippen LogP contribution in [0.1, 0.15) is 42.3 Å². The summed E-state index contributed by atoms with van der Waals surface area (Å²) in [6.07, 6.45) is 0.695. The second-order valence-corrected chi connectivity index (χ2v) is 6.12. The zero-order chi connectivity index (χ0) is 18.4. The molecule has 0 spiro atoms. The Morgan fingerprint density at radius 3 is 2.56 bits per heavy atom. The second kappa shape index (κ2) is 8.62. The molecule has 8 heteroatoms. The number of amides is 1. The molecule has 1 heterocycles. The fourth-order valence-electron chi connectivity index (χ4n) is 2.12. The first kappa shape index (κ1) is 18.9. The lowest BCUT2D eigenvalue weighted by Crippen LogP contribution is -2.46. The Balaban J connectivity index is 2.02. The molecule has 2 aromatic rings. The Hall–Kier alpha value is -2.41. The van der Waals surface area contributed by atoms with Gasteiger partial charge in [0.05, 0.1) is 0 Å². The Morgan fingerprint density at radius 1 is 1.32 bits per heavy atom. The van der Waals surface area contributed by atoms with Crippen molar-refractivity contribution in [3.8, 4) is 0 Å². The van der Waals surface area contributed by atoms with Gasteiger partial charge in [0.2, 0.25) is 0 Å². The minimum atomic E-state index is -0.780. The van der Waals surface area contributed by atoms with Gasteiger partial charge < -0.3 is 14.6 Å². The molecule has 0 saturated heterocycles. The van der Waals surface area contributed by atoms with Crippen LogP contribution < -0.4 is 5.32 Å². The largest absolute Gasteiger partial charge is 0.454 e. The molecule has 1 aromatic carbocycles. The van der Waals surface area contributed by atoms with E-state index >= 15 is 0 Å². The van der Waals surface area contributed by atoms with Crippen LogP contribution >= 0.6 is 11.6 Å². The summed E-state index contributed by atoms with van der Waals surface area (Å²) in [6.45, 7) is 5.33. The van der Waals surface area contributed by atoms with Gasteiger partial charge in [0.15, 0.2) is 12.4 Å². The molecule has 0 aliphatic carbocycles. The van der Waals surface area contributed by atoms with E-state index in [9.17, 15) is 9.59 Å². The summed E-state index contributed by atoms with van der Waals surface area (Å²) >= 11 is 5.82. The third-order valence-corrected chi connectivity index (χ3v) is 4.02. The van der Waals surface area contributed by atoms with E-state index in [1.165, 1.54) is 0 Å². The molecule has 0 radical (unpaired) electrons. The van der Waals surface area contributed by atoms with Gasteiger partial charge in [-0.15, -0.1) is 0 Å². The smallest absolute Gasteiger partial charge is 0.329 e. The lowest BCUT2D eigenvalue weighted by atomic mass is 9.99. The minimum absolute atomic E-state index is 0.104. The van der Waals surface area contributed by atoms with Crippen LogP contribution in [0.3, 0.4) is 0 Å². The van der Waals surface area contributed by atoms with E-state index in [1.54, 1.807) is 31.2 Å². The number of nitrogens with one attached hydrogen (secondary N) is 1. The number of carbonyl (C=O) groups excluding carboxylic acids is 2. The number of ether oxygens (including phenoxy) is 1. The van der Waals surface area contributed by atoms with Crippen molar-refractivity contribution in [2.75, 3.05) is 0 Å². The van der Waals surface area contributed by atoms with E-state index < -0.39 is 12.0 Å². The maximum Gasteiger partial charge on any atom is 0.329 e. The number of hydrogen-bond acceptors (Lipinski definition) is 6. The van der Waals surface area contributed by atoms with Crippen molar-refractivity contribution in [2.45, 2.75) is 39.8 Å². The molecule has 0 fully saturated rings. The van der Waals surface area contributed by atoms with Gasteiger partial charge in [-0.3, -0.25) is 4.79 Å². The first-order valence-corrected chi connectivity index (χ1v) is 8.30. The zero-order valence-electron chi connectivity index (χ0n) is 14.3. The van der Waals surface area contributed by atoms with Gasteiger partial charge in [-0.25, -0.2) is 4.79 Å². The third-order valence-electron chi connectivity index (χ3n) is 3.77. The predicted octanol–water partition coefficient (Wildman–Crippen LogP) is 2.92. The summed E-state index contributed by atoms with van der Waals surface area (Å²) in [7, 11) is 0. The highest BCUT2D eigenvalue weighted by Gasteiger charge is 2.28. The van der Waals surface area contributed by atoms with Crippen molar-refractivity contribution in [3.05, 3.63) is 46.6 Å². The number of aromatic nitrogens is 2. The lowest BCUT2D eigenvalue weighted by Gasteiger charge is -2.22. The summed E-state index contributed by atoms with van der Waals surface area (Å²) in [4.78, 5) is 28.7. The van der Waals surface area contributed by atoms with E-state index in [4.69, 9.17) is 20.9 Å². The maximum atomic E-state index is 12.4. The van der Waals surface area contributed by atoms with Crippen LogP contribution in [0.5, 0.6) is 0 Å². The van der Waals surface area contributed by atoms with Crippen molar-refractivity contribution >= 4 is 23.5 Å². The predicted molar refractivity (Wildman–Crippen MR) is 91.0 cm³/mol. The topological polar surface area (TPSA) is 94.3 Å². The van der Waals surface area contributed by atoms with Crippen LogP contribution in [0, 0.1) is 12.8 Å². The average molecular weight is 366 g/mol. The molecule has 1 N–H and O–H groups in total. The summed E-state index contributed by atoms with van der Waals surface area (Å²) < 4.78 is 10.1. The number of benzene rings is 1. The molecule has 0 bridgehead atoms. The van der Waals surface area contributed by atoms with Crippen LogP contribution in [0.4, 0.5) is 0 Å². The van der Waals surface area contributed by atoms with E-state index in [1.807, 2.05) is 13.8 Å². The first-order chi connectivity index (χ1) is 11.9. The molecule has 2 atom stereocenters. The highest BCUT2D eigenvalue weighted by molar-refractivity contribution is 6.30. The Kier molecular flexibility index (Phi) is 6.52. The van der Waals surface area contributed by atoms with E-state index in [2.05, 4.69) is 15.5 Å². The molecule has 25 heavy (non-hydrogen) atoms. The second-order valence-electron chi connectivity index (χ2n) is 5.69. The maximum absolute atomic E-state index is 12.4. The number of rotatable bonds is 7. The van der Waals surface area contributed by atoms with Gasteiger partial charge in [-0.1, -0.05) is 37.0 Å². The minimum Gasteiger partial charge on any atom is -0.454 e. The van der Waals surface area contributed by atoms with Crippen molar-refractivity contribution in [3.63, 3.8) is 0 Å². The molecule has 1 aromatic heterocycles. The normalized spacial score (nSPS) is 13.1. The van der Waals surface area contributed by atoms with Crippen LogP contribution in [0.15, 0.2) is 28.8 Å². The van der Waals surface area contributed by atoms with Crippen LogP contribution in [-0.4, -0.2) is 28.1 Å². The Morgan fingerprint density at radius 2 is 2.00 bits per heavy atom. The zero-order valence-corrected chi connectivity index (χ0v) is 15.0. The van der Waals surface area contributed by atoms with Crippen molar-refractivity contribution in [2.24, 2.45) is 5.92 Å². The van der Waals surface area contributed by atoms with Gasteiger partial charge in [-0.2, -0.15) is 4.98 Å². The molecule has 7 nitrogen and oxygen atoms in total. The number of halogens is 1. The summed E-state index contributed by atoms with van der Waals surface area (Å²) in [5.41, 5.74) is 0.415. The average Bonchev–Trinajstić information content (AvgIpc) is 3.02. The molecule has 0 unspecified atom stereocenters. The molecular formula is C17H20ClN3O4. The monoisotopic (exact) mass is 365 g/mol. The molecule has 0 saturated carbocycles. The van der Waals surface area contributed by atoms with Crippen LogP contribution in [0.2, 0.25) is 5.02 Å². The molecule has 134 valence electrons. The molecular weight excluding hydrogens is 346 g/mol. The third kappa shape index (κ3) is 5.29. The lowest BCUT2D eigenvalue weighted by molar-refractivity contribution is -0.149. The SMILES string of the molecule is CC[C@H](C)[C@H](NC(=O)c1ccc(Cl)cc1)C(=O)OCc1nc(C)no1. The van der Waals surface area contributed by atoms with Crippen LogP contribution in [-0.2, 0) is 16.1 Å². The number of aryl methyl sites for hydroxylation is 1. The van der Waals surface area contributed by atoms with Gasteiger partial charge in [-0.05, 0) is 37.1 Å². The highest BCUT2D eigenvalue weighted by Crippen LogP contribution is 2.13. The summed E-state index contributed by atoms with van der Waals surface area (Å²) in [5, 5.41) is 6.88. The van der Waals surface area contributed by atoms with Gasteiger partial charge >= 0.3 is 5.97 Å². The van der Waals surface area contributed by atoms with Crippen LogP contribution in [0.25, 0.3) is 0 Å². The quantitative estimate of drug-likeness (QED) is 0.758. The highest BCUT2D eigenvalue weighted by atomic mass is 35.5. The van der Waals surface area contributed by atoms with Gasteiger partial charge in [0.25, 0.3) is 11.8 Å². The van der Waals surface area contributed by atoms with Crippen molar-refractivity contribution in [1.82, 2.24) is 15.5 Å². The number of carbonyl (C=O) groups is 2. The van der Waals surface area contributed by atoms with Gasteiger partial charge in [0, 0.05) is 10.6 Å². The van der Waals surface area contributed by atoms with Crippen molar-refractivity contribution in [1.29, 1.82) is 0 Å². The first-order valence-electron chi connectivity index (χ1n) is 7.93. The van der Waals surface area contributed by atoms with E-state index in [-0.39, 0.29) is 24.3 Å². The molecule has 0 aliphatic rings. The summed E-state index contributed by atoms with van der Waals surface area (Å²) in [6, 6.07) is 5.64. The Bertz CT molecular complexity index is 730. The van der Waals surface area contributed by atoms with E-state index in [0.717, 1.165) is 0 Å². The molecule has 1 amide bonds. The van der Waals surface area contributed by atoms with Crippen molar-refractivity contribution < 1.29 is 18.8 Å².